The second kappa shape index (κ2) is 6.56. The van der Waals surface area contributed by atoms with Crippen LogP contribution in [0.4, 0.5) is 0 Å². The van der Waals surface area contributed by atoms with Crippen molar-refractivity contribution in [2.75, 3.05) is 0 Å². The first-order valence-electron chi connectivity index (χ1n) is 8.56. The van der Waals surface area contributed by atoms with Crippen LogP contribution in [-0.2, 0) is 4.79 Å². The second-order valence-corrected chi connectivity index (χ2v) is 7.72. The van der Waals surface area contributed by atoms with E-state index in [0.717, 1.165) is 11.1 Å². The zero-order valence-corrected chi connectivity index (χ0v) is 16.0. The van der Waals surface area contributed by atoms with Gasteiger partial charge in [-0.15, -0.1) is 0 Å². The predicted octanol–water partition coefficient (Wildman–Crippen LogP) is 4.01. The summed E-state index contributed by atoms with van der Waals surface area (Å²) >= 11 is 12.4. The minimum atomic E-state index is -1.57. The molecule has 3 atom stereocenters. The van der Waals surface area contributed by atoms with Crippen LogP contribution in [0, 0.1) is 28.1 Å². The summed E-state index contributed by atoms with van der Waals surface area (Å²) in [5.41, 5.74) is 6.38. The monoisotopic (exact) mass is 408 g/mol. The van der Waals surface area contributed by atoms with Crippen molar-refractivity contribution in [3.05, 3.63) is 75.4 Å². The van der Waals surface area contributed by atoms with Crippen LogP contribution in [-0.4, -0.2) is 16.8 Å². The van der Waals surface area contributed by atoms with Gasteiger partial charge in [0.1, 0.15) is 6.04 Å². The van der Waals surface area contributed by atoms with Crippen molar-refractivity contribution < 1.29 is 4.79 Å². The van der Waals surface area contributed by atoms with Crippen molar-refractivity contribution >= 4 is 35.2 Å². The van der Waals surface area contributed by atoms with E-state index in [9.17, 15) is 15.3 Å². The first-order chi connectivity index (χ1) is 13.4. The van der Waals surface area contributed by atoms with Crippen LogP contribution in [0.25, 0.3) is 6.08 Å². The number of rotatable bonds is 2. The summed E-state index contributed by atoms with van der Waals surface area (Å²) in [6, 6.07) is 15.2. The van der Waals surface area contributed by atoms with E-state index in [1.54, 1.807) is 23.2 Å². The van der Waals surface area contributed by atoms with E-state index < -0.39 is 29.3 Å². The molecule has 2 N–H and O–H groups in total. The fourth-order valence-electron chi connectivity index (χ4n) is 4.42. The summed E-state index contributed by atoms with van der Waals surface area (Å²) in [6.07, 6.45) is 3.59. The first-order valence-corrected chi connectivity index (χ1v) is 9.31. The van der Waals surface area contributed by atoms with Crippen molar-refractivity contribution in [3.8, 4) is 12.1 Å². The Balaban J connectivity index is 2.03. The van der Waals surface area contributed by atoms with Gasteiger partial charge >= 0.3 is 0 Å². The van der Waals surface area contributed by atoms with E-state index >= 15 is 0 Å². The normalized spacial score (nSPS) is 24.0. The van der Waals surface area contributed by atoms with E-state index in [0.29, 0.717) is 10.6 Å². The molecular weight excluding hydrogens is 395 g/mol. The third-order valence-electron chi connectivity index (χ3n) is 5.53. The number of hydrogen-bond acceptors (Lipinski definition) is 4. The smallest absolute Gasteiger partial charge is 0.240 e. The summed E-state index contributed by atoms with van der Waals surface area (Å²) in [6.45, 7) is 0. The molecule has 7 heteroatoms. The fourth-order valence-corrected chi connectivity index (χ4v) is 4.94. The van der Waals surface area contributed by atoms with Gasteiger partial charge in [0.25, 0.3) is 0 Å². The fraction of sp³-hybridized carbons (Fsp3) is 0.190. The van der Waals surface area contributed by atoms with Crippen molar-refractivity contribution in [3.63, 3.8) is 0 Å². The molecule has 0 saturated carbocycles. The lowest BCUT2D eigenvalue weighted by Gasteiger charge is -2.34. The molecule has 1 amide bonds. The number of fused-ring (bicyclic) bond motifs is 3. The Hall–Kier alpha value is -2.99. The standard InChI is InChI=1S/C21H14Cl2N4O/c22-13-5-6-15(16(23)9-13)17-18(20(26)28)27-8-7-12-3-1-2-4-14(12)19(27)21(17,10-24)11-25/h1-9,17-19H,(H2,26,28). The van der Waals surface area contributed by atoms with E-state index in [-0.39, 0.29) is 5.02 Å². The molecular formula is C21H14Cl2N4O. The maximum Gasteiger partial charge on any atom is 0.240 e. The molecule has 3 unspecified atom stereocenters. The molecule has 2 aliphatic heterocycles. The van der Waals surface area contributed by atoms with Crippen LogP contribution < -0.4 is 5.73 Å². The number of primary amides is 1. The molecule has 0 bridgehead atoms. The number of amides is 1. The molecule has 2 aromatic rings. The van der Waals surface area contributed by atoms with Crippen LogP contribution >= 0.6 is 23.2 Å². The van der Waals surface area contributed by atoms with Gasteiger partial charge in [-0.25, -0.2) is 0 Å². The quantitative estimate of drug-likeness (QED) is 0.811. The molecule has 2 aliphatic rings. The molecule has 0 aromatic heterocycles. The van der Waals surface area contributed by atoms with Gasteiger partial charge in [0.2, 0.25) is 5.91 Å². The van der Waals surface area contributed by atoms with E-state index in [1.807, 2.05) is 30.3 Å². The Morgan fingerprint density at radius 3 is 2.46 bits per heavy atom. The highest BCUT2D eigenvalue weighted by molar-refractivity contribution is 6.35. The highest BCUT2D eigenvalue weighted by Crippen LogP contribution is 2.60. The SMILES string of the molecule is N#CC1(C#N)C(c2ccc(Cl)cc2Cl)C(C(N)=O)N2C=Cc3ccccc3C21. The molecule has 0 spiro atoms. The molecule has 0 radical (unpaired) electrons. The Morgan fingerprint density at radius 2 is 1.82 bits per heavy atom. The largest absolute Gasteiger partial charge is 0.368 e. The van der Waals surface area contributed by atoms with E-state index in [4.69, 9.17) is 28.9 Å². The Morgan fingerprint density at radius 1 is 1.11 bits per heavy atom. The van der Waals surface area contributed by atoms with Crippen molar-refractivity contribution in [2.24, 2.45) is 11.1 Å². The number of nitrogens with two attached hydrogens (primary N) is 1. The molecule has 5 nitrogen and oxygen atoms in total. The number of hydrogen-bond donors (Lipinski definition) is 1. The number of carbonyl (C=O) groups is 1. The van der Waals surface area contributed by atoms with Crippen molar-refractivity contribution in [2.45, 2.75) is 18.0 Å². The zero-order chi connectivity index (χ0) is 20.1. The van der Waals surface area contributed by atoms with Crippen LogP contribution in [0.15, 0.2) is 48.7 Å². The van der Waals surface area contributed by atoms with Gasteiger partial charge in [-0.05, 0) is 34.9 Å². The lowest BCUT2D eigenvalue weighted by atomic mass is 9.68. The third kappa shape index (κ3) is 2.41. The Kier molecular flexibility index (Phi) is 4.31. The molecule has 4 rings (SSSR count). The topological polar surface area (TPSA) is 93.9 Å². The molecule has 0 aliphatic carbocycles. The summed E-state index contributed by atoms with van der Waals surface area (Å²) in [5, 5.41) is 21.1. The molecule has 1 fully saturated rings. The number of nitrogens with zero attached hydrogens (tertiary/aromatic N) is 3. The predicted molar refractivity (Wildman–Crippen MR) is 106 cm³/mol. The summed E-state index contributed by atoms with van der Waals surface area (Å²) in [7, 11) is 0. The number of nitriles is 2. The van der Waals surface area contributed by atoms with Gasteiger partial charge in [-0.3, -0.25) is 4.79 Å². The molecule has 1 saturated heterocycles. The second-order valence-electron chi connectivity index (χ2n) is 6.88. The highest BCUT2D eigenvalue weighted by atomic mass is 35.5. The van der Waals surface area contributed by atoms with Gasteiger partial charge in [-0.2, -0.15) is 10.5 Å². The number of halogens is 2. The van der Waals surface area contributed by atoms with Crippen molar-refractivity contribution in [1.82, 2.24) is 4.90 Å². The Bertz CT molecular complexity index is 1080. The van der Waals surface area contributed by atoms with E-state index in [1.165, 1.54) is 6.07 Å². The average molecular weight is 409 g/mol. The Labute approximate surface area is 172 Å². The first kappa shape index (κ1) is 18.4. The van der Waals surface area contributed by atoms with Gasteiger partial charge < -0.3 is 10.6 Å². The van der Waals surface area contributed by atoms with Crippen LogP contribution in [0.5, 0.6) is 0 Å². The lowest BCUT2D eigenvalue weighted by molar-refractivity contribution is -0.122. The van der Waals surface area contributed by atoms with Gasteiger partial charge in [0.05, 0.1) is 18.2 Å². The minimum absolute atomic E-state index is 0.288. The van der Waals surface area contributed by atoms with Crippen molar-refractivity contribution in [1.29, 1.82) is 10.5 Å². The summed E-state index contributed by atoms with van der Waals surface area (Å²) in [4.78, 5) is 14.2. The molecule has 2 heterocycles. The highest BCUT2D eigenvalue weighted by Gasteiger charge is 2.63. The zero-order valence-electron chi connectivity index (χ0n) is 14.5. The molecule has 138 valence electrons. The van der Waals surface area contributed by atoms with E-state index in [2.05, 4.69) is 12.1 Å². The maximum absolute atomic E-state index is 12.5. The number of benzene rings is 2. The maximum atomic E-state index is 12.5. The van der Waals surface area contributed by atoms with Gasteiger partial charge in [0.15, 0.2) is 5.41 Å². The van der Waals surface area contributed by atoms with Crippen LogP contribution in [0.3, 0.4) is 0 Å². The van der Waals surface area contributed by atoms with Gasteiger partial charge in [0, 0.05) is 22.2 Å². The third-order valence-corrected chi connectivity index (χ3v) is 6.10. The van der Waals surface area contributed by atoms with Crippen LogP contribution in [0.2, 0.25) is 10.0 Å². The average Bonchev–Trinajstić information content (AvgIpc) is 2.99. The lowest BCUT2D eigenvalue weighted by Crippen LogP contribution is -2.41. The minimum Gasteiger partial charge on any atom is -0.368 e. The van der Waals surface area contributed by atoms with Crippen LogP contribution in [0.1, 0.15) is 28.7 Å². The molecule has 28 heavy (non-hydrogen) atoms. The summed E-state index contributed by atoms with van der Waals surface area (Å²) in [5.74, 6) is -1.47. The van der Waals surface area contributed by atoms with Gasteiger partial charge in [-0.1, -0.05) is 53.5 Å². The number of carbonyl (C=O) groups excluding carboxylic acids is 1. The summed E-state index contributed by atoms with van der Waals surface area (Å²) < 4.78 is 0. The molecule has 2 aromatic carbocycles.